The van der Waals surface area contributed by atoms with Gasteiger partial charge in [0.1, 0.15) is 6.54 Å². The number of aliphatic hydroxyl groups excluding tert-OH is 1. The van der Waals surface area contributed by atoms with Crippen molar-refractivity contribution in [2.75, 3.05) is 19.7 Å². The number of hydrogen-bond donors (Lipinski definition) is 1. The van der Waals surface area contributed by atoms with Crippen molar-refractivity contribution >= 4 is 17.4 Å². The molecular weight excluding hydrogens is 330 g/mol. The molecule has 0 saturated heterocycles. The van der Waals surface area contributed by atoms with Crippen molar-refractivity contribution < 1.29 is 14.7 Å². The zero-order valence-corrected chi connectivity index (χ0v) is 15.1. The van der Waals surface area contributed by atoms with E-state index < -0.39 is 5.41 Å². The van der Waals surface area contributed by atoms with Crippen molar-refractivity contribution in [1.29, 1.82) is 0 Å². The average Bonchev–Trinajstić information content (AvgIpc) is 2.80. The highest BCUT2D eigenvalue weighted by atomic mass is 16.3. The van der Waals surface area contributed by atoms with Crippen LogP contribution in [0.2, 0.25) is 0 Å². The fourth-order valence-electron chi connectivity index (χ4n) is 2.93. The Bertz CT molecular complexity index is 807. The quantitative estimate of drug-likeness (QED) is 0.876. The van der Waals surface area contributed by atoms with Gasteiger partial charge in [0.15, 0.2) is 5.78 Å². The molecule has 0 atom stereocenters. The summed E-state index contributed by atoms with van der Waals surface area (Å²) < 4.78 is 0. The molecular formula is C20H23N3O3. The van der Waals surface area contributed by atoms with Crippen LogP contribution in [0.15, 0.2) is 52.8 Å². The van der Waals surface area contributed by atoms with E-state index in [0.717, 1.165) is 18.4 Å². The van der Waals surface area contributed by atoms with E-state index in [1.807, 2.05) is 24.3 Å². The highest BCUT2D eigenvalue weighted by Gasteiger charge is 2.34. The Kier molecular flexibility index (Phi) is 5.13. The van der Waals surface area contributed by atoms with E-state index in [0.29, 0.717) is 17.1 Å². The molecule has 1 amide bonds. The minimum atomic E-state index is -0.892. The largest absolute Gasteiger partial charge is 0.395 e. The van der Waals surface area contributed by atoms with Crippen LogP contribution in [-0.4, -0.2) is 52.1 Å². The van der Waals surface area contributed by atoms with Crippen LogP contribution < -0.4 is 0 Å². The second-order valence-electron chi connectivity index (χ2n) is 7.11. The smallest absolute Gasteiger partial charge is 0.249 e. The topological polar surface area (TPSA) is 82.9 Å². The highest BCUT2D eigenvalue weighted by Crippen LogP contribution is 2.29. The molecule has 1 aliphatic carbocycles. The van der Waals surface area contributed by atoms with Gasteiger partial charge in [0.2, 0.25) is 5.91 Å². The van der Waals surface area contributed by atoms with Crippen molar-refractivity contribution in [2.45, 2.75) is 26.7 Å². The van der Waals surface area contributed by atoms with Gasteiger partial charge in [-0.25, -0.2) is 0 Å². The number of ketones is 1. The van der Waals surface area contributed by atoms with E-state index in [-0.39, 0.29) is 31.4 Å². The first-order valence-corrected chi connectivity index (χ1v) is 8.75. The molecule has 0 fully saturated rings. The zero-order valence-electron chi connectivity index (χ0n) is 15.1. The zero-order chi connectivity index (χ0) is 18.7. The maximum Gasteiger partial charge on any atom is 0.249 e. The molecule has 0 spiro atoms. The highest BCUT2D eigenvalue weighted by molar-refractivity contribution is 6.16. The molecule has 0 saturated carbocycles. The van der Waals surface area contributed by atoms with E-state index in [4.69, 9.17) is 0 Å². The molecule has 0 radical (unpaired) electrons. The van der Waals surface area contributed by atoms with Crippen LogP contribution >= 0.6 is 0 Å². The van der Waals surface area contributed by atoms with Crippen LogP contribution in [0.3, 0.4) is 0 Å². The number of hydrogen-bond acceptors (Lipinski definition) is 5. The number of carbonyl (C=O) groups is 2. The SMILES string of the molecule is CC(C)(CO)C(=O)CN1C(=O)CN=C(c2ccccn2)C2=CCCC=C21. The molecule has 2 heterocycles. The van der Waals surface area contributed by atoms with Gasteiger partial charge in [-0.05, 0) is 25.0 Å². The number of aromatic nitrogens is 1. The number of rotatable bonds is 5. The predicted octanol–water partition coefficient (Wildman–Crippen LogP) is 1.90. The van der Waals surface area contributed by atoms with E-state index >= 15 is 0 Å². The van der Waals surface area contributed by atoms with E-state index in [1.54, 1.807) is 20.0 Å². The van der Waals surface area contributed by atoms with Crippen molar-refractivity contribution in [3.8, 4) is 0 Å². The fourth-order valence-corrected chi connectivity index (χ4v) is 2.93. The lowest BCUT2D eigenvalue weighted by Gasteiger charge is -2.29. The van der Waals surface area contributed by atoms with Gasteiger partial charge in [0.05, 0.1) is 24.6 Å². The molecule has 136 valence electrons. The number of fused-ring (bicyclic) bond motifs is 1. The van der Waals surface area contributed by atoms with Crippen LogP contribution in [0.5, 0.6) is 0 Å². The van der Waals surface area contributed by atoms with Gasteiger partial charge in [-0.2, -0.15) is 0 Å². The summed E-state index contributed by atoms with van der Waals surface area (Å²) in [5.41, 5.74) is 2.06. The molecule has 2 aliphatic rings. The first-order chi connectivity index (χ1) is 12.4. The summed E-state index contributed by atoms with van der Waals surface area (Å²) in [6.07, 6.45) is 7.38. The van der Waals surface area contributed by atoms with Crippen molar-refractivity contribution in [3.05, 3.63) is 53.5 Å². The third-order valence-electron chi connectivity index (χ3n) is 4.71. The molecule has 26 heavy (non-hydrogen) atoms. The Morgan fingerprint density at radius 2 is 2.04 bits per heavy atom. The van der Waals surface area contributed by atoms with Gasteiger partial charge in [0.25, 0.3) is 0 Å². The number of pyridine rings is 1. The van der Waals surface area contributed by atoms with Crippen LogP contribution in [-0.2, 0) is 9.59 Å². The Morgan fingerprint density at radius 1 is 1.27 bits per heavy atom. The summed E-state index contributed by atoms with van der Waals surface area (Å²) >= 11 is 0. The summed E-state index contributed by atoms with van der Waals surface area (Å²) in [5.74, 6) is -0.405. The van der Waals surface area contributed by atoms with Crippen LogP contribution in [0.25, 0.3) is 0 Å². The lowest BCUT2D eigenvalue weighted by atomic mass is 9.88. The minimum Gasteiger partial charge on any atom is -0.395 e. The molecule has 6 heteroatoms. The molecule has 1 N–H and O–H groups in total. The maximum absolute atomic E-state index is 12.7. The third kappa shape index (κ3) is 3.51. The Labute approximate surface area is 153 Å². The van der Waals surface area contributed by atoms with E-state index in [1.165, 1.54) is 4.90 Å². The molecule has 0 bridgehead atoms. The molecule has 6 nitrogen and oxygen atoms in total. The summed E-state index contributed by atoms with van der Waals surface area (Å²) in [7, 11) is 0. The number of Topliss-reactive ketones (excluding diaryl/α,β-unsaturated/α-hetero) is 1. The number of aliphatic imine (C=N–C) groups is 1. The van der Waals surface area contributed by atoms with Gasteiger partial charge >= 0.3 is 0 Å². The summed E-state index contributed by atoms with van der Waals surface area (Å²) in [6.45, 7) is 3.00. The summed E-state index contributed by atoms with van der Waals surface area (Å²) in [4.78, 5) is 35.7. The van der Waals surface area contributed by atoms with Gasteiger partial charge in [-0.1, -0.05) is 32.1 Å². The molecule has 3 rings (SSSR count). The minimum absolute atomic E-state index is 0.0343. The van der Waals surface area contributed by atoms with Gasteiger partial charge < -0.3 is 10.0 Å². The lowest BCUT2D eigenvalue weighted by Crippen LogP contribution is -2.42. The van der Waals surface area contributed by atoms with Crippen molar-refractivity contribution in [1.82, 2.24) is 9.88 Å². The lowest BCUT2D eigenvalue weighted by molar-refractivity contribution is -0.136. The number of allylic oxidation sites excluding steroid dienone is 3. The van der Waals surface area contributed by atoms with Crippen molar-refractivity contribution in [2.24, 2.45) is 10.4 Å². The van der Waals surface area contributed by atoms with Crippen molar-refractivity contribution in [3.63, 3.8) is 0 Å². The second-order valence-corrected chi connectivity index (χ2v) is 7.11. The van der Waals surface area contributed by atoms with Crippen LogP contribution in [0.4, 0.5) is 0 Å². The number of carbonyl (C=O) groups excluding carboxylic acids is 2. The number of nitrogens with zero attached hydrogens (tertiary/aromatic N) is 3. The van der Waals surface area contributed by atoms with Gasteiger partial charge in [0, 0.05) is 22.9 Å². The monoisotopic (exact) mass is 353 g/mol. The van der Waals surface area contributed by atoms with E-state index in [9.17, 15) is 14.7 Å². The second kappa shape index (κ2) is 7.33. The standard InChI is InChI=1S/C20H23N3O3/c1-20(2,13-24)17(25)12-23-16-9-4-3-7-14(16)19(22-11-18(23)26)15-8-5-6-10-21-15/h5-10,24H,3-4,11-13H2,1-2H3. The molecule has 1 aliphatic heterocycles. The molecule has 1 aromatic heterocycles. The van der Waals surface area contributed by atoms with E-state index in [2.05, 4.69) is 16.1 Å². The summed E-state index contributed by atoms with van der Waals surface area (Å²) in [6, 6.07) is 5.58. The molecule has 1 aromatic rings. The number of amides is 1. The summed E-state index contributed by atoms with van der Waals surface area (Å²) in [5, 5.41) is 9.46. The Hall–Kier alpha value is -2.60. The third-order valence-corrected chi connectivity index (χ3v) is 4.71. The van der Waals surface area contributed by atoms with Crippen LogP contribution in [0, 0.1) is 5.41 Å². The molecule has 0 aromatic carbocycles. The average molecular weight is 353 g/mol. The number of aliphatic hydroxyl groups is 1. The first-order valence-electron chi connectivity index (χ1n) is 8.75. The normalized spacial score (nSPS) is 17.7. The van der Waals surface area contributed by atoms with Crippen LogP contribution in [0.1, 0.15) is 32.4 Å². The fraction of sp³-hybridized carbons (Fsp3) is 0.400. The van der Waals surface area contributed by atoms with Gasteiger partial charge in [-0.3, -0.25) is 19.6 Å². The Balaban J connectivity index is 1.96. The maximum atomic E-state index is 12.7. The first kappa shape index (κ1) is 18.2. The van der Waals surface area contributed by atoms with Gasteiger partial charge in [-0.15, -0.1) is 0 Å². The molecule has 0 unspecified atom stereocenters. The Morgan fingerprint density at radius 3 is 2.73 bits per heavy atom. The predicted molar refractivity (Wildman–Crippen MR) is 98.6 cm³/mol.